The second-order valence-electron chi connectivity index (χ2n) is 8.79. The van der Waals surface area contributed by atoms with Gasteiger partial charge in [-0.1, -0.05) is 30.4 Å². The molecule has 3 aliphatic rings. The first-order valence-electron chi connectivity index (χ1n) is 11.6. The molecule has 2 amide bonds. The molecule has 32 heavy (non-hydrogen) atoms. The van der Waals surface area contributed by atoms with E-state index in [0.717, 1.165) is 35.4 Å². The molecule has 1 aromatic heterocycles. The number of aliphatic imine (C=N–C) groups is 1. The number of pyridine rings is 1. The van der Waals surface area contributed by atoms with Gasteiger partial charge in [-0.15, -0.1) is 0 Å². The molecule has 2 aromatic rings. The Kier molecular flexibility index (Phi) is 5.64. The van der Waals surface area contributed by atoms with Crippen molar-refractivity contribution in [2.75, 3.05) is 19.6 Å². The molecule has 7 nitrogen and oxygen atoms in total. The van der Waals surface area contributed by atoms with E-state index in [1.807, 2.05) is 37.4 Å². The zero-order valence-electron chi connectivity index (χ0n) is 18.3. The Morgan fingerprint density at radius 2 is 1.84 bits per heavy atom. The molecule has 4 unspecified atom stereocenters. The molecular weight excluding hydrogens is 402 g/mol. The second-order valence-corrected chi connectivity index (χ2v) is 8.79. The van der Waals surface area contributed by atoms with Crippen LogP contribution in [-0.4, -0.2) is 47.3 Å². The maximum atomic E-state index is 12.8. The van der Waals surface area contributed by atoms with E-state index in [4.69, 9.17) is 4.99 Å². The number of benzene rings is 1. The third kappa shape index (κ3) is 3.66. The predicted octanol–water partition coefficient (Wildman–Crippen LogP) is 2.49. The molecule has 5 rings (SSSR count). The lowest BCUT2D eigenvalue weighted by Gasteiger charge is -2.18. The number of carbonyl (C=O) groups is 2. The zero-order valence-corrected chi connectivity index (χ0v) is 18.3. The number of nitrogens with one attached hydrogen (secondary N) is 2. The standard InChI is InChI=1S/C25H29N5O2/c1-2-26-25(29-15-18-10-12-27-20-7-4-3-6-19(18)20)28-11-5-13-30-23(31)21-16-8-9-17(14-16)22(21)24(30)32/h3-4,6-10,12,16-17,21-22H,2,5,11,13-15H2,1H3,(H2,26,28,29). The van der Waals surface area contributed by atoms with Gasteiger partial charge in [0.2, 0.25) is 11.8 Å². The molecule has 1 aromatic carbocycles. The summed E-state index contributed by atoms with van der Waals surface area (Å²) in [6.07, 6.45) is 7.74. The molecule has 0 spiro atoms. The van der Waals surface area contributed by atoms with Gasteiger partial charge in [-0.25, -0.2) is 4.99 Å². The number of hydrogen-bond acceptors (Lipinski definition) is 4. The first-order chi connectivity index (χ1) is 15.7. The van der Waals surface area contributed by atoms with Crippen molar-refractivity contribution in [3.63, 3.8) is 0 Å². The first-order valence-corrected chi connectivity index (χ1v) is 11.6. The van der Waals surface area contributed by atoms with Crippen molar-refractivity contribution >= 4 is 28.7 Å². The molecule has 2 heterocycles. The molecule has 2 bridgehead atoms. The Labute approximate surface area is 188 Å². The van der Waals surface area contributed by atoms with Gasteiger partial charge >= 0.3 is 0 Å². The van der Waals surface area contributed by atoms with E-state index >= 15 is 0 Å². The van der Waals surface area contributed by atoms with Crippen LogP contribution in [0.5, 0.6) is 0 Å². The number of allylic oxidation sites excluding steroid dienone is 2. The fraction of sp³-hybridized carbons (Fsp3) is 0.440. The highest BCUT2D eigenvalue weighted by atomic mass is 16.2. The molecule has 4 atom stereocenters. The lowest BCUT2D eigenvalue weighted by atomic mass is 9.85. The van der Waals surface area contributed by atoms with Crippen molar-refractivity contribution in [1.29, 1.82) is 0 Å². The smallest absolute Gasteiger partial charge is 0.233 e. The van der Waals surface area contributed by atoms with E-state index in [0.29, 0.717) is 26.1 Å². The number of para-hydroxylation sites is 1. The number of nitrogens with zero attached hydrogens (tertiary/aromatic N) is 3. The fourth-order valence-electron chi connectivity index (χ4n) is 5.43. The van der Waals surface area contributed by atoms with E-state index in [1.165, 1.54) is 4.90 Å². The number of fused-ring (bicyclic) bond motifs is 6. The highest BCUT2D eigenvalue weighted by Gasteiger charge is 2.58. The van der Waals surface area contributed by atoms with Crippen molar-refractivity contribution in [2.24, 2.45) is 28.7 Å². The van der Waals surface area contributed by atoms with E-state index < -0.39 is 0 Å². The normalized spacial score (nSPS) is 26.3. The third-order valence-corrected chi connectivity index (χ3v) is 6.90. The zero-order chi connectivity index (χ0) is 22.1. The summed E-state index contributed by atoms with van der Waals surface area (Å²) in [6.45, 7) is 4.43. The minimum absolute atomic E-state index is 0.0296. The summed E-state index contributed by atoms with van der Waals surface area (Å²) in [5.41, 5.74) is 2.09. The van der Waals surface area contributed by atoms with Gasteiger partial charge in [-0.05, 0) is 49.3 Å². The molecule has 2 fully saturated rings. The molecule has 2 aliphatic carbocycles. The third-order valence-electron chi connectivity index (χ3n) is 6.90. The van der Waals surface area contributed by atoms with Gasteiger partial charge in [0.25, 0.3) is 0 Å². The number of hydrogen-bond donors (Lipinski definition) is 2. The quantitative estimate of drug-likeness (QED) is 0.231. The topological polar surface area (TPSA) is 86.7 Å². The largest absolute Gasteiger partial charge is 0.357 e. The van der Waals surface area contributed by atoms with Gasteiger partial charge < -0.3 is 10.6 Å². The molecular formula is C25H29N5O2. The molecule has 1 saturated carbocycles. The van der Waals surface area contributed by atoms with Crippen molar-refractivity contribution in [3.8, 4) is 0 Å². The number of guanidine groups is 1. The van der Waals surface area contributed by atoms with Gasteiger partial charge in [-0.2, -0.15) is 0 Å². The van der Waals surface area contributed by atoms with E-state index in [-0.39, 0.29) is 35.5 Å². The summed E-state index contributed by atoms with van der Waals surface area (Å²) in [4.78, 5) is 36.2. The Balaban J connectivity index is 1.16. The van der Waals surface area contributed by atoms with Gasteiger partial charge in [0.05, 0.1) is 23.9 Å². The fourth-order valence-corrected chi connectivity index (χ4v) is 5.43. The first kappa shape index (κ1) is 20.7. The monoisotopic (exact) mass is 431 g/mol. The highest BCUT2D eigenvalue weighted by molar-refractivity contribution is 6.06. The van der Waals surface area contributed by atoms with Crippen molar-refractivity contribution < 1.29 is 9.59 Å². The average Bonchev–Trinajstić information content (AvgIpc) is 3.49. The van der Waals surface area contributed by atoms with Crippen molar-refractivity contribution in [3.05, 3.63) is 54.2 Å². The van der Waals surface area contributed by atoms with Gasteiger partial charge in [-0.3, -0.25) is 19.5 Å². The number of carbonyl (C=O) groups excluding carboxylic acids is 2. The van der Waals surface area contributed by atoms with Crippen LogP contribution in [0.1, 0.15) is 25.3 Å². The molecule has 1 saturated heterocycles. The average molecular weight is 432 g/mol. The molecule has 1 aliphatic heterocycles. The minimum Gasteiger partial charge on any atom is -0.357 e. The summed E-state index contributed by atoms with van der Waals surface area (Å²) in [7, 11) is 0. The van der Waals surface area contributed by atoms with Crippen LogP contribution in [0.4, 0.5) is 0 Å². The van der Waals surface area contributed by atoms with Crippen LogP contribution in [0.15, 0.2) is 53.7 Å². The van der Waals surface area contributed by atoms with Gasteiger partial charge in [0.1, 0.15) is 0 Å². The summed E-state index contributed by atoms with van der Waals surface area (Å²) < 4.78 is 0. The van der Waals surface area contributed by atoms with Crippen LogP contribution < -0.4 is 10.6 Å². The van der Waals surface area contributed by atoms with Crippen molar-refractivity contribution in [1.82, 2.24) is 20.5 Å². The second kappa shape index (κ2) is 8.73. The van der Waals surface area contributed by atoms with E-state index in [9.17, 15) is 9.59 Å². The highest BCUT2D eigenvalue weighted by Crippen LogP contribution is 2.52. The van der Waals surface area contributed by atoms with Crippen molar-refractivity contribution in [2.45, 2.75) is 26.3 Å². The number of rotatable bonds is 7. The molecule has 0 radical (unpaired) electrons. The van der Waals surface area contributed by atoms with E-state index in [1.54, 1.807) is 0 Å². The summed E-state index contributed by atoms with van der Waals surface area (Å²) in [5, 5.41) is 7.71. The van der Waals surface area contributed by atoms with Crippen LogP contribution in [0, 0.1) is 23.7 Å². The lowest BCUT2D eigenvalue weighted by Crippen LogP contribution is -2.40. The van der Waals surface area contributed by atoms with E-state index in [2.05, 4.69) is 33.8 Å². The Bertz CT molecular complexity index is 1060. The SMILES string of the molecule is CCNC(=NCc1ccnc2ccccc12)NCCCN1C(=O)C2C3C=CC(C3)C2C1=O. The minimum atomic E-state index is -0.112. The predicted molar refractivity (Wildman–Crippen MR) is 124 cm³/mol. The Morgan fingerprint density at radius 3 is 2.59 bits per heavy atom. The lowest BCUT2D eigenvalue weighted by molar-refractivity contribution is -0.140. The maximum absolute atomic E-state index is 12.8. The summed E-state index contributed by atoms with van der Waals surface area (Å²) in [5.74, 6) is 1.09. The number of aromatic nitrogens is 1. The summed E-state index contributed by atoms with van der Waals surface area (Å²) >= 11 is 0. The van der Waals surface area contributed by atoms with Gasteiger partial charge in [0, 0.05) is 31.2 Å². The summed E-state index contributed by atoms with van der Waals surface area (Å²) in [6, 6.07) is 10.1. The van der Waals surface area contributed by atoms with Gasteiger partial charge in [0.15, 0.2) is 5.96 Å². The molecule has 7 heteroatoms. The van der Waals surface area contributed by atoms with Crippen LogP contribution >= 0.6 is 0 Å². The number of amides is 2. The number of imide groups is 1. The Hall–Kier alpha value is -3.22. The maximum Gasteiger partial charge on any atom is 0.233 e. The Morgan fingerprint density at radius 1 is 1.09 bits per heavy atom. The van der Waals surface area contributed by atoms with Crippen LogP contribution in [0.25, 0.3) is 10.9 Å². The van der Waals surface area contributed by atoms with Crippen LogP contribution in [0.3, 0.4) is 0 Å². The molecule has 2 N–H and O–H groups in total. The van der Waals surface area contributed by atoms with Crippen LogP contribution in [-0.2, 0) is 16.1 Å². The van der Waals surface area contributed by atoms with Crippen LogP contribution in [0.2, 0.25) is 0 Å². The number of likely N-dealkylation sites (tertiary alicyclic amines) is 1. The molecule has 166 valence electrons.